The fraction of sp³-hybridized carbons (Fsp3) is 0.250. The Morgan fingerprint density at radius 1 is 1.03 bits per heavy atom. The van der Waals surface area contributed by atoms with Crippen LogP contribution in [0.25, 0.3) is 5.57 Å². The quantitative estimate of drug-likeness (QED) is 0.536. The van der Waals surface area contributed by atoms with Crippen molar-refractivity contribution >= 4 is 23.1 Å². The van der Waals surface area contributed by atoms with Gasteiger partial charge in [-0.3, -0.25) is 14.5 Å². The molecule has 1 aliphatic heterocycles. The topological polar surface area (TPSA) is 58.6 Å². The normalized spacial score (nSPS) is 14.0. The third-order valence-corrected chi connectivity index (χ3v) is 4.63. The van der Waals surface area contributed by atoms with Gasteiger partial charge in [0.05, 0.1) is 11.7 Å². The Labute approximate surface area is 171 Å². The zero-order valence-electron chi connectivity index (χ0n) is 17.1. The molecule has 0 aromatic heterocycles. The molecule has 29 heavy (non-hydrogen) atoms. The smallest absolute Gasteiger partial charge is 0.278 e. The van der Waals surface area contributed by atoms with Crippen LogP contribution in [0.3, 0.4) is 0 Å². The molecule has 0 unspecified atom stereocenters. The first-order valence-electron chi connectivity index (χ1n) is 9.79. The van der Waals surface area contributed by atoms with Crippen LogP contribution in [0, 0.1) is 0 Å². The van der Waals surface area contributed by atoms with Gasteiger partial charge < -0.3 is 10.1 Å². The zero-order chi connectivity index (χ0) is 21.0. The Kier molecular flexibility index (Phi) is 6.17. The van der Waals surface area contributed by atoms with E-state index in [1.165, 1.54) is 10.5 Å². The number of anilines is 1. The number of aryl methyl sites for hydroxylation is 1. The van der Waals surface area contributed by atoms with Gasteiger partial charge in [-0.25, -0.2) is 0 Å². The van der Waals surface area contributed by atoms with Crippen LogP contribution < -0.4 is 10.1 Å². The number of imide groups is 1. The van der Waals surface area contributed by atoms with Crippen molar-refractivity contribution in [1.82, 2.24) is 4.90 Å². The van der Waals surface area contributed by atoms with Gasteiger partial charge in [0.25, 0.3) is 11.8 Å². The van der Waals surface area contributed by atoms with Gasteiger partial charge in [-0.05, 0) is 55.7 Å². The van der Waals surface area contributed by atoms with Crippen molar-refractivity contribution in [3.63, 3.8) is 0 Å². The van der Waals surface area contributed by atoms with E-state index in [4.69, 9.17) is 4.74 Å². The summed E-state index contributed by atoms with van der Waals surface area (Å²) >= 11 is 0. The monoisotopic (exact) mass is 390 g/mol. The molecule has 0 radical (unpaired) electrons. The third kappa shape index (κ3) is 4.40. The van der Waals surface area contributed by atoms with E-state index in [-0.39, 0.29) is 30.2 Å². The molecular formula is C24H26N2O3. The van der Waals surface area contributed by atoms with E-state index in [9.17, 15) is 9.59 Å². The van der Waals surface area contributed by atoms with E-state index in [2.05, 4.69) is 18.8 Å². The first-order chi connectivity index (χ1) is 13.9. The van der Waals surface area contributed by atoms with Crippen LogP contribution in [0.2, 0.25) is 0 Å². The second kappa shape index (κ2) is 8.78. The SMILES string of the molecule is C=CCN1C(=O)C(Nc2ccc(CC)cc2)=C(c2ccc(OC(C)C)cc2)C1=O. The summed E-state index contributed by atoms with van der Waals surface area (Å²) in [5, 5.41) is 3.16. The van der Waals surface area contributed by atoms with Crippen LogP contribution in [-0.4, -0.2) is 29.4 Å². The Hall–Kier alpha value is -3.34. The Morgan fingerprint density at radius 3 is 2.24 bits per heavy atom. The number of ether oxygens (including phenoxy) is 1. The molecule has 3 rings (SSSR count). The van der Waals surface area contributed by atoms with Crippen LogP contribution in [0.15, 0.2) is 66.9 Å². The van der Waals surface area contributed by atoms with Crippen molar-refractivity contribution in [2.45, 2.75) is 33.3 Å². The number of rotatable bonds is 8. The largest absolute Gasteiger partial charge is 0.491 e. The second-order valence-corrected chi connectivity index (χ2v) is 7.13. The molecule has 0 aliphatic carbocycles. The summed E-state index contributed by atoms with van der Waals surface area (Å²) in [7, 11) is 0. The molecular weight excluding hydrogens is 364 g/mol. The molecule has 0 spiro atoms. The lowest BCUT2D eigenvalue weighted by Gasteiger charge is -2.12. The maximum Gasteiger partial charge on any atom is 0.278 e. The minimum atomic E-state index is -0.355. The van der Waals surface area contributed by atoms with E-state index in [1.807, 2.05) is 50.2 Å². The van der Waals surface area contributed by atoms with E-state index < -0.39 is 0 Å². The standard InChI is InChI=1S/C24H26N2O3/c1-5-15-26-23(27)21(18-9-13-20(14-10-18)29-16(3)4)22(24(26)28)25-19-11-7-17(6-2)8-12-19/h5,7-14,16,25H,1,6,15H2,2-4H3. The molecule has 0 saturated heterocycles. The van der Waals surface area contributed by atoms with Crippen LogP contribution >= 0.6 is 0 Å². The molecule has 0 atom stereocenters. The van der Waals surface area contributed by atoms with Gasteiger partial charge in [0, 0.05) is 12.2 Å². The molecule has 1 N–H and O–H groups in total. The fourth-order valence-corrected chi connectivity index (χ4v) is 3.20. The average molecular weight is 390 g/mol. The van der Waals surface area contributed by atoms with E-state index in [0.29, 0.717) is 16.9 Å². The molecule has 2 aromatic carbocycles. The number of benzene rings is 2. The minimum Gasteiger partial charge on any atom is -0.491 e. The molecule has 2 amide bonds. The predicted molar refractivity (Wildman–Crippen MR) is 115 cm³/mol. The summed E-state index contributed by atoms with van der Waals surface area (Å²) in [5.74, 6) is 0.0285. The van der Waals surface area contributed by atoms with Gasteiger partial charge in [-0.15, -0.1) is 6.58 Å². The van der Waals surface area contributed by atoms with E-state index in [1.54, 1.807) is 18.2 Å². The van der Waals surface area contributed by atoms with Crippen molar-refractivity contribution in [1.29, 1.82) is 0 Å². The van der Waals surface area contributed by atoms with Crippen LogP contribution in [0.4, 0.5) is 5.69 Å². The molecule has 1 aliphatic rings. The van der Waals surface area contributed by atoms with Crippen molar-refractivity contribution in [2.75, 3.05) is 11.9 Å². The Bertz CT molecular complexity index is 941. The summed E-state index contributed by atoms with van der Waals surface area (Å²) < 4.78 is 5.68. The number of carbonyl (C=O) groups excluding carboxylic acids is 2. The summed E-state index contributed by atoms with van der Waals surface area (Å²) in [6.07, 6.45) is 2.54. The molecule has 1 heterocycles. The highest BCUT2D eigenvalue weighted by atomic mass is 16.5. The summed E-state index contributed by atoms with van der Waals surface area (Å²) in [4.78, 5) is 27.1. The number of amides is 2. The molecule has 5 heteroatoms. The number of carbonyl (C=O) groups is 2. The van der Waals surface area contributed by atoms with Crippen LogP contribution in [0.1, 0.15) is 31.9 Å². The Morgan fingerprint density at radius 2 is 1.69 bits per heavy atom. The summed E-state index contributed by atoms with van der Waals surface area (Å²) in [6.45, 7) is 9.81. The second-order valence-electron chi connectivity index (χ2n) is 7.13. The van der Waals surface area contributed by atoms with E-state index >= 15 is 0 Å². The van der Waals surface area contributed by atoms with Crippen LogP contribution in [0.5, 0.6) is 5.75 Å². The zero-order valence-corrected chi connectivity index (χ0v) is 17.1. The Balaban J connectivity index is 1.99. The van der Waals surface area contributed by atoms with E-state index in [0.717, 1.165) is 12.1 Å². The lowest BCUT2D eigenvalue weighted by Crippen LogP contribution is -2.32. The maximum absolute atomic E-state index is 13.0. The highest BCUT2D eigenvalue weighted by Crippen LogP contribution is 2.31. The summed E-state index contributed by atoms with van der Waals surface area (Å²) in [5.41, 5.74) is 3.26. The lowest BCUT2D eigenvalue weighted by molar-refractivity contribution is -0.136. The van der Waals surface area contributed by atoms with Gasteiger partial charge in [0.1, 0.15) is 11.4 Å². The maximum atomic E-state index is 13.0. The number of hydrogen-bond acceptors (Lipinski definition) is 4. The van der Waals surface area contributed by atoms with Gasteiger partial charge in [0.15, 0.2) is 0 Å². The van der Waals surface area contributed by atoms with Crippen molar-refractivity contribution < 1.29 is 14.3 Å². The summed E-state index contributed by atoms with van der Waals surface area (Å²) in [6, 6.07) is 15.1. The molecule has 0 fully saturated rings. The van der Waals surface area contributed by atoms with Crippen LogP contribution in [-0.2, 0) is 16.0 Å². The van der Waals surface area contributed by atoms with Crippen molar-refractivity contribution in [2.24, 2.45) is 0 Å². The molecule has 150 valence electrons. The number of nitrogens with zero attached hydrogens (tertiary/aromatic N) is 1. The van der Waals surface area contributed by atoms with Crippen molar-refractivity contribution in [3.8, 4) is 5.75 Å². The molecule has 2 aromatic rings. The molecule has 0 saturated carbocycles. The predicted octanol–water partition coefficient (Wildman–Crippen LogP) is 4.41. The highest BCUT2D eigenvalue weighted by Gasteiger charge is 2.38. The fourth-order valence-electron chi connectivity index (χ4n) is 3.20. The first kappa shape index (κ1) is 20.4. The van der Waals surface area contributed by atoms with Gasteiger partial charge in [-0.1, -0.05) is 37.3 Å². The number of hydrogen-bond donors (Lipinski definition) is 1. The highest BCUT2D eigenvalue weighted by molar-refractivity contribution is 6.36. The first-order valence-corrected chi connectivity index (χ1v) is 9.79. The van der Waals surface area contributed by atoms with Gasteiger partial charge >= 0.3 is 0 Å². The molecule has 0 bridgehead atoms. The van der Waals surface area contributed by atoms with Gasteiger partial charge in [-0.2, -0.15) is 0 Å². The molecule has 5 nitrogen and oxygen atoms in total. The lowest BCUT2D eigenvalue weighted by atomic mass is 10.0. The minimum absolute atomic E-state index is 0.0566. The number of nitrogens with one attached hydrogen (secondary N) is 1. The average Bonchev–Trinajstić information content (AvgIpc) is 2.93. The third-order valence-electron chi connectivity index (χ3n) is 4.63. The van der Waals surface area contributed by atoms with Gasteiger partial charge in [0.2, 0.25) is 0 Å². The van der Waals surface area contributed by atoms with Crippen molar-refractivity contribution in [3.05, 3.63) is 78.0 Å².